The number of rotatable bonds is 3. The molecule has 4 N–H and O–H groups in total. The first-order valence-corrected chi connectivity index (χ1v) is 4.34. The van der Waals surface area contributed by atoms with Gasteiger partial charge in [-0.3, -0.25) is 0 Å². The molecule has 0 heterocycles. The minimum absolute atomic E-state index is 0.530. The summed E-state index contributed by atoms with van der Waals surface area (Å²) in [7, 11) is 0. The van der Waals surface area contributed by atoms with Crippen LogP contribution in [0.1, 0.15) is 5.56 Å². The Bertz CT molecular complexity index is 361. The monoisotopic (exact) mass is 186 g/mol. The molecule has 2 nitrogen and oxygen atoms in total. The van der Waals surface area contributed by atoms with Gasteiger partial charge in [-0.1, -0.05) is 43.0 Å². The van der Waals surface area contributed by atoms with Crippen molar-refractivity contribution < 1.29 is 0 Å². The maximum absolute atomic E-state index is 5.51. The van der Waals surface area contributed by atoms with Crippen molar-refractivity contribution in [3.63, 3.8) is 0 Å². The number of hydrogen-bond donors (Lipinski definition) is 2. The summed E-state index contributed by atoms with van der Waals surface area (Å²) in [6, 6.07) is 9.89. The Balaban J connectivity index is 2.74. The molecule has 1 rings (SSSR count). The van der Waals surface area contributed by atoms with E-state index < -0.39 is 0 Å². The third kappa shape index (κ3) is 2.83. The van der Waals surface area contributed by atoms with Crippen molar-refractivity contribution in [2.45, 2.75) is 0 Å². The Kier molecular flexibility index (Phi) is 3.56. The van der Waals surface area contributed by atoms with E-state index in [1.807, 2.05) is 36.4 Å². The maximum Gasteiger partial charge on any atom is 0.0471 e. The van der Waals surface area contributed by atoms with E-state index in [1.54, 1.807) is 6.08 Å². The fourth-order valence-electron chi connectivity index (χ4n) is 1.00. The quantitative estimate of drug-likeness (QED) is 0.709. The Hall–Kier alpha value is -1.96. The predicted molar refractivity (Wildman–Crippen MR) is 61.1 cm³/mol. The molecular weight excluding hydrogens is 172 g/mol. The first kappa shape index (κ1) is 10.1. The van der Waals surface area contributed by atoms with Gasteiger partial charge in [-0.15, -0.1) is 0 Å². The van der Waals surface area contributed by atoms with Crippen LogP contribution in [0.2, 0.25) is 0 Å². The van der Waals surface area contributed by atoms with Crippen LogP contribution in [0.4, 0.5) is 0 Å². The number of nitrogens with two attached hydrogens (primary N) is 2. The summed E-state index contributed by atoms with van der Waals surface area (Å²) in [4.78, 5) is 0. The number of allylic oxidation sites excluding steroid dienone is 3. The SMILES string of the molecule is C=C(/C=C\C(N)=C/N)c1ccccc1. The molecule has 0 spiro atoms. The van der Waals surface area contributed by atoms with Gasteiger partial charge < -0.3 is 11.5 Å². The van der Waals surface area contributed by atoms with E-state index in [0.717, 1.165) is 11.1 Å². The third-order valence-corrected chi connectivity index (χ3v) is 1.81. The molecule has 72 valence electrons. The molecule has 0 aromatic heterocycles. The highest BCUT2D eigenvalue weighted by atomic mass is 14.6. The highest BCUT2D eigenvalue weighted by Gasteiger charge is 1.91. The summed E-state index contributed by atoms with van der Waals surface area (Å²) in [5.74, 6) is 0. The molecule has 0 saturated heterocycles. The molecular formula is C12H14N2. The minimum Gasteiger partial charge on any atom is -0.403 e. The lowest BCUT2D eigenvalue weighted by atomic mass is 10.1. The van der Waals surface area contributed by atoms with Crippen LogP contribution in [0.5, 0.6) is 0 Å². The molecule has 0 aliphatic heterocycles. The van der Waals surface area contributed by atoms with Crippen molar-refractivity contribution in [1.29, 1.82) is 0 Å². The number of benzene rings is 1. The van der Waals surface area contributed by atoms with Crippen LogP contribution in [0.25, 0.3) is 5.57 Å². The first-order valence-electron chi connectivity index (χ1n) is 4.34. The lowest BCUT2D eigenvalue weighted by Gasteiger charge is -1.98. The van der Waals surface area contributed by atoms with E-state index in [2.05, 4.69) is 6.58 Å². The molecule has 0 aliphatic rings. The zero-order valence-corrected chi connectivity index (χ0v) is 7.98. The van der Waals surface area contributed by atoms with Gasteiger partial charge in [0.05, 0.1) is 0 Å². The van der Waals surface area contributed by atoms with Crippen molar-refractivity contribution in [3.8, 4) is 0 Å². The van der Waals surface area contributed by atoms with Crippen LogP contribution in [0.3, 0.4) is 0 Å². The minimum atomic E-state index is 0.530. The second-order valence-corrected chi connectivity index (χ2v) is 2.89. The van der Waals surface area contributed by atoms with Crippen LogP contribution in [-0.4, -0.2) is 0 Å². The normalized spacial score (nSPS) is 11.9. The summed E-state index contributed by atoms with van der Waals surface area (Å²) in [5.41, 5.74) is 13.3. The molecule has 0 saturated carbocycles. The molecule has 1 aromatic carbocycles. The summed E-state index contributed by atoms with van der Waals surface area (Å²) in [5, 5.41) is 0. The second kappa shape index (κ2) is 4.92. The van der Waals surface area contributed by atoms with Crippen molar-refractivity contribution in [3.05, 3.63) is 66.5 Å². The summed E-state index contributed by atoms with van der Waals surface area (Å²) < 4.78 is 0. The van der Waals surface area contributed by atoms with E-state index in [4.69, 9.17) is 11.5 Å². The summed E-state index contributed by atoms with van der Waals surface area (Å²) in [6.07, 6.45) is 4.93. The second-order valence-electron chi connectivity index (χ2n) is 2.89. The van der Waals surface area contributed by atoms with Gasteiger partial charge >= 0.3 is 0 Å². The van der Waals surface area contributed by atoms with Crippen LogP contribution in [0, 0.1) is 0 Å². The van der Waals surface area contributed by atoms with Gasteiger partial charge in [-0.05, 0) is 17.2 Å². The van der Waals surface area contributed by atoms with Crippen molar-refractivity contribution >= 4 is 5.57 Å². The van der Waals surface area contributed by atoms with Crippen LogP contribution >= 0.6 is 0 Å². The fourth-order valence-corrected chi connectivity index (χ4v) is 1.00. The molecule has 0 radical (unpaired) electrons. The van der Waals surface area contributed by atoms with E-state index in [-0.39, 0.29) is 0 Å². The van der Waals surface area contributed by atoms with Crippen LogP contribution in [0.15, 0.2) is 61.0 Å². The van der Waals surface area contributed by atoms with Gasteiger partial charge in [0.2, 0.25) is 0 Å². The third-order valence-electron chi connectivity index (χ3n) is 1.81. The Morgan fingerprint density at radius 2 is 1.79 bits per heavy atom. The molecule has 0 aliphatic carbocycles. The molecule has 0 amide bonds. The summed E-state index contributed by atoms with van der Waals surface area (Å²) in [6.45, 7) is 3.92. The molecule has 0 bridgehead atoms. The molecule has 1 aromatic rings. The molecule has 0 fully saturated rings. The van der Waals surface area contributed by atoms with E-state index in [9.17, 15) is 0 Å². The highest BCUT2D eigenvalue weighted by molar-refractivity contribution is 5.72. The van der Waals surface area contributed by atoms with Crippen molar-refractivity contribution in [2.24, 2.45) is 11.5 Å². The number of hydrogen-bond acceptors (Lipinski definition) is 2. The zero-order chi connectivity index (χ0) is 10.4. The Labute approximate surface area is 84.2 Å². The maximum atomic E-state index is 5.51. The van der Waals surface area contributed by atoms with Gasteiger partial charge in [-0.2, -0.15) is 0 Å². The highest BCUT2D eigenvalue weighted by Crippen LogP contribution is 2.12. The first-order chi connectivity index (χ1) is 6.74. The Morgan fingerprint density at radius 1 is 1.14 bits per heavy atom. The van der Waals surface area contributed by atoms with Crippen molar-refractivity contribution in [1.82, 2.24) is 0 Å². The zero-order valence-electron chi connectivity index (χ0n) is 7.98. The topological polar surface area (TPSA) is 52.0 Å². The Morgan fingerprint density at radius 3 is 2.36 bits per heavy atom. The standard InChI is InChI=1S/C12H14N2/c1-10(7-8-12(14)9-13)11-5-3-2-4-6-11/h2-9H,1,13-14H2/b8-7-,12-9+. The average Bonchev–Trinajstić information content (AvgIpc) is 2.26. The van der Waals surface area contributed by atoms with E-state index in [0.29, 0.717) is 5.70 Å². The van der Waals surface area contributed by atoms with Gasteiger partial charge in [0.25, 0.3) is 0 Å². The predicted octanol–water partition coefficient (Wildman–Crippen LogP) is 2.01. The molecule has 2 heteroatoms. The van der Waals surface area contributed by atoms with Gasteiger partial charge in [-0.25, -0.2) is 0 Å². The van der Waals surface area contributed by atoms with E-state index in [1.165, 1.54) is 6.20 Å². The van der Waals surface area contributed by atoms with Crippen LogP contribution < -0.4 is 11.5 Å². The molecule has 0 unspecified atom stereocenters. The summed E-state index contributed by atoms with van der Waals surface area (Å²) >= 11 is 0. The molecule has 14 heavy (non-hydrogen) atoms. The van der Waals surface area contributed by atoms with Gasteiger partial charge in [0.1, 0.15) is 0 Å². The van der Waals surface area contributed by atoms with E-state index >= 15 is 0 Å². The fraction of sp³-hybridized carbons (Fsp3) is 0. The van der Waals surface area contributed by atoms with Gasteiger partial charge in [0.15, 0.2) is 0 Å². The lowest BCUT2D eigenvalue weighted by molar-refractivity contribution is 1.37. The average molecular weight is 186 g/mol. The van der Waals surface area contributed by atoms with Crippen molar-refractivity contribution in [2.75, 3.05) is 0 Å². The van der Waals surface area contributed by atoms with Gasteiger partial charge in [0, 0.05) is 11.9 Å². The van der Waals surface area contributed by atoms with Crippen LogP contribution in [-0.2, 0) is 0 Å². The largest absolute Gasteiger partial charge is 0.403 e. The molecule has 0 atom stereocenters. The smallest absolute Gasteiger partial charge is 0.0471 e. The lowest BCUT2D eigenvalue weighted by Crippen LogP contribution is -1.96.